The molecule has 12 nitrogen and oxygen atoms in total. The molecule has 0 radical (unpaired) electrons. The summed E-state index contributed by atoms with van der Waals surface area (Å²) in [5, 5.41) is 5.10. The molecule has 2 amide bonds. The van der Waals surface area contributed by atoms with E-state index in [2.05, 4.69) is 10.6 Å². The average molecular weight is 599 g/mol. The number of nitrogens with one attached hydrogen (secondary N) is 2. The molecule has 2 aromatic carbocycles. The van der Waals surface area contributed by atoms with E-state index in [1.807, 2.05) is 60.7 Å². The molecule has 3 saturated heterocycles. The highest BCUT2D eigenvalue weighted by atomic mass is 16.8. The summed E-state index contributed by atoms with van der Waals surface area (Å²) in [5.74, 6) is -3.08. The molecule has 2 aromatic rings. The lowest BCUT2D eigenvalue weighted by Crippen LogP contribution is -2.51. The zero-order chi connectivity index (χ0) is 30.6. The molecular weight excluding hydrogens is 560 g/mol. The van der Waals surface area contributed by atoms with Crippen LogP contribution < -0.4 is 10.6 Å². The van der Waals surface area contributed by atoms with E-state index in [1.165, 1.54) is 0 Å². The summed E-state index contributed by atoms with van der Waals surface area (Å²) in [5.41, 5.74) is 1.61. The third kappa shape index (κ3) is 8.09. The van der Waals surface area contributed by atoms with Gasteiger partial charge < -0.3 is 43.8 Å². The van der Waals surface area contributed by atoms with Crippen LogP contribution in [0.25, 0.3) is 0 Å². The zero-order valence-corrected chi connectivity index (χ0v) is 24.6. The predicted octanol–water partition coefficient (Wildman–Crippen LogP) is 2.58. The minimum atomic E-state index is -1.08. The topological polar surface area (TPSA) is 140 Å². The number of ether oxygens (including phenoxy) is 7. The molecule has 43 heavy (non-hydrogen) atoms. The van der Waals surface area contributed by atoms with E-state index in [1.54, 1.807) is 27.7 Å². The summed E-state index contributed by atoms with van der Waals surface area (Å²) in [6, 6.07) is 17.3. The second kappa shape index (κ2) is 13.0. The number of hydrogen-bond acceptors (Lipinski definition) is 10. The lowest BCUT2D eigenvalue weighted by Gasteiger charge is -2.30. The van der Waals surface area contributed by atoms with Gasteiger partial charge in [-0.15, -0.1) is 0 Å². The Morgan fingerprint density at radius 1 is 0.884 bits per heavy atom. The van der Waals surface area contributed by atoms with Crippen molar-refractivity contribution in [2.24, 2.45) is 0 Å². The van der Waals surface area contributed by atoms with Crippen LogP contribution >= 0.6 is 0 Å². The first-order valence-electron chi connectivity index (χ1n) is 14.3. The van der Waals surface area contributed by atoms with Crippen molar-refractivity contribution in [1.29, 1.82) is 0 Å². The van der Waals surface area contributed by atoms with Crippen molar-refractivity contribution in [3.63, 3.8) is 0 Å². The van der Waals surface area contributed by atoms with Crippen molar-refractivity contribution in [1.82, 2.24) is 10.6 Å². The molecule has 12 heteroatoms. The van der Waals surface area contributed by atoms with Crippen LogP contribution in [0.2, 0.25) is 0 Å². The summed E-state index contributed by atoms with van der Waals surface area (Å²) >= 11 is 0. The number of benzene rings is 2. The maximum absolute atomic E-state index is 13.7. The molecule has 3 aliphatic heterocycles. The van der Waals surface area contributed by atoms with Crippen LogP contribution in [0.1, 0.15) is 38.8 Å². The van der Waals surface area contributed by atoms with E-state index in [-0.39, 0.29) is 19.6 Å². The van der Waals surface area contributed by atoms with Gasteiger partial charge in [0.05, 0.1) is 6.61 Å². The first-order chi connectivity index (χ1) is 20.5. The SMILES string of the molecule is CC1(C)O[C@@H]2O[C@@H]([C@@H]3COC(C)(C)O3)[C@@H](OC(=O)[C@H](Cc3ccccc3)NC(=O)CNC(=O)OCc3ccccc3)[C@@H]2O1. The van der Waals surface area contributed by atoms with E-state index in [0.29, 0.717) is 0 Å². The van der Waals surface area contributed by atoms with Crippen LogP contribution in [0, 0.1) is 0 Å². The highest BCUT2D eigenvalue weighted by molar-refractivity contribution is 5.87. The van der Waals surface area contributed by atoms with Crippen molar-refractivity contribution >= 4 is 18.0 Å². The van der Waals surface area contributed by atoms with Gasteiger partial charge >= 0.3 is 12.1 Å². The van der Waals surface area contributed by atoms with E-state index in [0.717, 1.165) is 11.1 Å². The normalized spacial score (nSPS) is 27.6. The quantitative estimate of drug-likeness (QED) is 0.392. The number of hydrogen-bond donors (Lipinski definition) is 2. The first kappa shape index (κ1) is 30.9. The molecule has 0 saturated carbocycles. The molecule has 3 aliphatic rings. The van der Waals surface area contributed by atoms with E-state index in [9.17, 15) is 14.4 Å². The van der Waals surface area contributed by atoms with Crippen LogP contribution in [-0.4, -0.2) is 79.4 Å². The molecule has 0 spiro atoms. The highest BCUT2D eigenvalue weighted by Crippen LogP contribution is 2.42. The molecule has 2 N–H and O–H groups in total. The molecule has 5 rings (SSSR count). The summed E-state index contributed by atoms with van der Waals surface area (Å²) in [6.07, 6.45) is -4.28. The maximum Gasteiger partial charge on any atom is 0.407 e. The van der Waals surface area contributed by atoms with Gasteiger partial charge in [0.1, 0.15) is 31.4 Å². The number of esters is 1. The fourth-order valence-corrected chi connectivity index (χ4v) is 5.25. The molecule has 0 unspecified atom stereocenters. The molecule has 0 aromatic heterocycles. The Morgan fingerprint density at radius 2 is 1.56 bits per heavy atom. The van der Waals surface area contributed by atoms with Crippen LogP contribution in [0.3, 0.4) is 0 Å². The summed E-state index contributed by atoms with van der Waals surface area (Å²) < 4.78 is 41.0. The Bertz CT molecular complexity index is 1270. The Balaban J connectivity index is 1.24. The molecule has 0 bridgehead atoms. The third-order valence-corrected chi connectivity index (χ3v) is 7.18. The van der Waals surface area contributed by atoms with Gasteiger partial charge in [0.2, 0.25) is 5.91 Å². The first-order valence-corrected chi connectivity index (χ1v) is 14.3. The molecule has 0 aliphatic carbocycles. The Kier molecular flexibility index (Phi) is 9.33. The number of carbonyl (C=O) groups is 3. The van der Waals surface area contributed by atoms with Crippen LogP contribution in [0.15, 0.2) is 60.7 Å². The van der Waals surface area contributed by atoms with Crippen LogP contribution in [0.4, 0.5) is 4.79 Å². The number of fused-ring (bicyclic) bond motifs is 1. The van der Waals surface area contributed by atoms with E-state index >= 15 is 0 Å². The van der Waals surface area contributed by atoms with Gasteiger partial charge in [-0.05, 0) is 38.8 Å². The standard InChI is InChI=1S/C31H38N2O10/c1-30(2)38-18-22(41-30)24-25(26-28(40-24)43-31(3,4)42-26)39-27(35)21(15-19-11-7-5-8-12-19)33-23(34)16-32-29(36)37-17-20-13-9-6-10-14-20/h5-14,21-22,24-26,28H,15-18H2,1-4H3,(H,32,36)(H,33,34)/t21-,22-,24-,25+,26-,28-/m0/s1. The van der Waals surface area contributed by atoms with Gasteiger partial charge in [-0.3, -0.25) is 4.79 Å². The second-order valence-electron chi connectivity index (χ2n) is 11.6. The molecular formula is C31H38N2O10. The minimum absolute atomic E-state index is 0.0551. The highest BCUT2D eigenvalue weighted by Gasteiger charge is 2.60. The van der Waals surface area contributed by atoms with Gasteiger partial charge in [0, 0.05) is 6.42 Å². The third-order valence-electron chi connectivity index (χ3n) is 7.18. The molecule has 6 atom stereocenters. The Labute approximate surface area is 250 Å². The van der Waals surface area contributed by atoms with E-state index in [4.69, 9.17) is 33.2 Å². The Hall–Kier alpha value is -3.55. The fourth-order valence-electron chi connectivity index (χ4n) is 5.25. The number of alkyl carbamates (subject to hydrolysis) is 1. The largest absolute Gasteiger partial charge is 0.455 e. The number of amides is 2. The minimum Gasteiger partial charge on any atom is -0.455 e. The predicted molar refractivity (Wildman–Crippen MR) is 150 cm³/mol. The fraction of sp³-hybridized carbons (Fsp3) is 0.516. The Morgan fingerprint density at radius 3 is 2.21 bits per heavy atom. The average Bonchev–Trinajstić information content (AvgIpc) is 3.60. The van der Waals surface area contributed by atoms with Crippen molar-refractivity contribution in [2.75, 3.05) is 13.2 Å². The molecule has 3 fully saturated rings. The molecule has 3 heterocycles. The smallest absolute Gasteiger partial charge is 0.407 e. The lowest BCUT2D eigenvalue weighted by molar-refractivity contribution is -0.235. The van der Waals surface area contributed by atoms with Crippen molar-refractivity contribution < 1.29 is 47.5 Å². The second-order valence-corrected chi connectivity index (χ2v) is 11.6. The summed E-state index contributed by atoms with van der Waals surface area (Å²) in [7, 11) is 0. The summed E-state index contributed by atoms with van der Waals surface area (Å²) in [4.78, 5) is 38.7. The number of carbonyl (C=O) groups excluding carboxylic acids is 3. The summed E-state index contributed by atoms with van der Waals surface area (Å²) in [6.45, 7) is 6.95. The maximum atomic E-state index is 13.7. The monoisotopic (exact) mass is 598 g/mol. The van der Waals surface area contributed by atoms with Gasteiger partial charge in [0.15, 0.2) is 30.1 Å². The van der Waals surface area contributed by atoms with Gasteiger partial charge in [0.25, 0.3) is 0 Å². The van der Waals surface area contributed by atoms with Gasteiger partial charge in [-0.2, -0.15) is 0 Å². The van der Waals surface area contributed by atoms with E-state index < -0.39 is 72.8 Å². The van der Waals surface area contributed by atoms with Crippen LogP contribution in [-0.2, 0) is 55.8 Å². The van der Waals surface area contributed by atoms with Crippen molar-refractivity contribution in [3.8, 4) is 0 Å². The van der Waals surface area contributed by atoms with Crippen molar-refractivity contribution in [3.05, 3.63) is 71.8 Å². The van der Waals surface area contributed by atoms with Gasteiger partial charge in [-0.25, -0.2) is 9.59 Å². The molecule has 232 valence electrons. The zero-order valence-electron chi connectivity index (χ0n) is 24.6. The lowest BCUT2D eigenvalue weighted by atomic mass is 10.0. The van der Waals surface area contributed by atoms with Gasteiger partial charge in [-0.1, -0.05) is 60.7 Å². The van der Waals surface area contributed by atoms with Crippen molar-refractivity contribution in [2.45, 2.75) is 89.0 Å². The van der Waals surface area contributed by atoms with Crippen LogP contribution in [0.5, 0.6) is 0 Å². The number of rotatable bonds is 10.